The Hall–Kier alpha value is -2.55. The molecule has 2 aliphatic heterocycles. The summed E-state index contributed by atoms with van der Waals surface area (Å²) >= 11 is 1.66. The lowest BCUT2D eigenvalue weighted by Crippen LogP contribution is -2.56. The fourth-order valence-corrected chi connectivity index (χ4v) is 5.99. The average Bonchev–Trinajstić information content (AvgIpc) is 3.23. The van der Waals surface area contributed by atoms with Gasteiger partial charge in [0, 0.05) is 24.6 Å². The number of rotatable bonds is 11. The monoisotopic (exact) mass is 473 g/mol. The van der Waals surface area contributed by atoms with E-state index < -0.39 is 12.1 Å². The van der Waals surface area contributed by atoms with E-state index in [1.165, 1.54) is 0 Å². The Bertz CT molecular complexity index is 859. The summed E-state index contributed by atoms with van der Waals surface area (Å²) < 4.78 is 0. The van der Waals surface area contributed by atoms with Gasteiger partial charge in [-0.2, -0.15) is 0 Å². The quantitative estimate of drug-likeness (QED) is 0.255. The first kappa shape index (κ1) is 25.1. The number of ketones is 1. The second kappa shape index (κ2) is 12.1. The Kier molecular flexibility index (Phi) is 9.17. The number of carbonyl (C=O) groups excluding carboxylic acids is 3. The summed E-state index contributed by atoms with van der Waals surface area (Å²) in [7, 11) is 0. The smallest absolute Gasteiger partial charge is 0.244 e. The van der Waals surface area contributed by atoms with Gasteiger partial charge in [-0.3, -0.25) is 19.4 Å². The Morgan fingerprint density at radius 1 is 1.24 bits per heavy atom. The van der Waals surface area contributed by atoms with Gasteiger partial charge in [-0.05, 0) is 44.1 Å². The topological polar surface area (TPSA) is 131 Å². The fraction of sp³-hybridized carbons (Fsp3) is 0.583. The van der Waals surface area contributed by atoms with Crippen molar-refractivity contribution in [2.45, 2.75) is 69.3 Å². The van der Waals surface area contributed by atoms with E-state index in [9.17, 15) is 14.4 Å². The number of nitrogens with zero attached hydrogens (tertiary/aromatic N) is 2. The molecule has 9 heteroatoms. The molecule has 4 atom stereocenters. The number of amides is 2. The molecule has 1 aromatic rings. The summed E-state index contributed by atoms with van der Waals surface area (Å²) in [5, 5.41) is 2.98. The van der Waals surface area contributed by atoms with Crippen molar-refractivity contribution in [3.63, 3.8) is 0 Å². The van der Waals surface area contributed by atoms with Crippen LogP contribution >= 0.6 is 11.8 Å². The van der Waals surface area contributed by atoms with Crippen LogP contribution in [0.2, 0.25) is 0 Å². The molecule has 0 aliphatic carbocycles. The van der Waals surface area contributed by atoms with Gasteiger partial charge in [-0.15, -0.1) is 11.8 Å². The molecule has 2 saturated heterocycles. The SMILES string of the molecule is CCCC(=O)C(CCCN=C(N)N)NC(=O)C1CSC2CC[C@@H](Cc3ccccc3)C(=O)N21. The van der Waals surface area contributed by atoms with Crippen molar-refractivity contribution in [2.75, 3.05) is 12.3 Å². The highest BCUT2D eigenvalue weighted by Gasteiger charge is 2.46. The number of nitrogens with one attached hydrogen (secondary N) is 1. The summed E-state index contributed by atoms with van der Waals surface area (Å²) in [6.07, 6.45) is 4.57. The molecule has 0 spiro atoms. The minimum atomic E-state index is -0.587. The summed E-state index contributed by atoms with van der Waals surface area (Å²) in [6, 6.07) is 8.87. The van der Waals surface area contributed by atoms with Crippen LogP contribution in [-0.2, 0) is 20.8 Å². The van der Waals surface area contributed by atoms with Crippen LogP contribution in [0.1, 0.15) is 51.0 Å². The van der Waals surface area contributed by atoms with E-state index in [4.69, 9.17) is 11.5 Å². The number of piperidine rings is 1. The molecule has 2 fully saturated rings. The molecule has 2 amide bonds. The Morgan fingerprint density at radius 2 is 2.00 bits per heavy atom. The van der Waals surface area contributed by atoms with Gasteiger partial charge in [0.1, 0.15) is 6.04 Å². The largest absolute Gasteiger partial charge is 0.370 e. The molecule has 0 radical (unpaired) electrons. The number of Topliss-reactive ketones (excluding diaryl/α,β-unsaturated/α-hetero) is 1. The Labute approximate surface area is 199 Å². The van der Waals surface area contributed by atoms with Gasteiger partial charge in [0.15, 0.2) is 11.7 Å². The Morgan fingerprint density at radius 3 is 2.70 bits per heavy atom. The highest BCUT2D eigenvalue weighted by atomic mass is 32.2. The zero-order valence-corrected chi connectivity index (χ0v) is 20.1. The second-order valence-corrected chi connectivity index (χ2v) is 9.95. The third kappa shape index (κ3) is 6.72. The van der Waals surface area contributed by atoms with Crippen molar-refractivity contribution in [1.82, 2.24) is 10.2 Å². The third-order valence-corrected chi connectivity index (χ3v) is 7.59. The zero-order chi connectivity index (χ0) is 23.8. The molecular formula is C24H35N5O3S. The number of hydrogen-bond acceptors (Lipinski definition) is 5. The highest BCUT2D eigenvalue weighted by molar-refractivity contribution is 8.00. The maximum atomic E-state index is 13.4. The van der Waals surface area contributed by atoms with Gasteiger partial charge in [-0.25, -0.2) is 0 Å². The van der Waals surface area contributed by atoms with Crippen molar-refractivity contribution in [3.05, 3.63) is 35.9 Å². The van der Waals surface area contributed by atoms with Crippen LogP contribution < -0.4 is 16.8 Å². The lowest BCUT2D eigenvalue weighted by atomic mass is 9.89. The molecule has 1 aromatic carbocycles. The van der Waals surface area contributed by atoms with E-state index in [2.05, 4.69) is 10.3 Å². The van der Waals surface area contributed by atoms with E-state index in [1.54, 1.807) is 16.7 Å². The van der Waals surface area contributed by atoms with Crippen LogP contribution in [0, 0.1) is 5.92 Å². The molecule has 2 aliphatic rings. The fourth-order valence-electron chi connectivity index (χ4n) is 4.56. The number of fused-ring (bicyclic) bond motifs is 1. The third-order valence-electron chi connectivity index (χ3n) is 6.23. The molecule has 0 saturated carbocycles. The zero-order valence-electron chi connectivity index (χ0n) is 19.2. The number of thioether (sulfide) groups is 1. The van der Waals surface area contributed by atoms with Crippen LogP contribution in [0.15, 0.2) is 35.3 Å². The first-order valence-corrected chi connectivity index (χ1v) is 12.8. The van der Waals surface area contributed by atoms with Crippen molar-refractivity contribution in [1.29, 1.82) is 0 Å². The molecular weight excluding hydrogens is 438 g/mol. The van der Waals surface area contributed by atoms with E-state index in [0.717, 1.165) is 18.4 Å². The molecule has 180 valence electrons. The predicted molar refractivity (Wildman–Crippen MR) is 132 cm³/mol. The molecule has 33 heavy (non-hydrogen) atoms. The molecule has 5 N–H and O–H groups in total. The number of hydrogen-bond donors (Lipinski definition) is 3. The number of aliphatic imine (C=N–C) groups is 1. The van der Waals surface area contributed by atoms with Gasteiger partial charge < -0.3 is 21.7 Å². The lowest BCUT2D eigenvalue weighted by molar-refractivity contribution is -0.146. The molecule has 3 unspecified atom stereocenters. The normalized spacial score (nSPS) is 23.0. The van der Waals surface area contributed by atoms with E-state index >= 15 is 0 Å². The van der Waals surface area contributed by atoms with Crippen molar-refractivity contribution < 1.29 is 14.4 Å². The maximum absolute atomic E-state index is 13.4. The summed E-state index contributed by atoms with van der Waals surface area (Å²) in [4.78, 5) is 45.0. The van der Waals surface area contributed by atoms with Crippen molar-refractivity contribution in [3.8, 4) is 0 Å². The van der Waals surface area contributed by atoms with Gasteiger partial charge >= 0.3 is 0 Å². The molecule has 3 rings (SSSR count). The standard InChI is InChI=1S/C24H35N5O3S/c1-2-7-20(30)18(10-6-13-27-24(25)26)28-22(31)19-15-33-21-12-11-17(23(32)29(19)21)14-16-8-4-3-5-9-16/h3-5,8-9,17-19,21H,2,6-7,10-15H2,1H3,(H,28,31)(H4,25,26,27)/t17-,18?,19?,21?/m0/s1. The van der Waals surface area contributed by atoms with Gasteiger partial charge in [0.25, 0.3) is 0 Å². The molecule has 2 heterocycles. The minimum Gasteiger partial charge on any atom is -0.370 e. The predicted octanol–water partition coefficient (Wildman–Crippen LogP) is 1.82. The van der Waals surface area contributed by atoms with Gasteiger partial charge in [0.2, 0.25) is 11.8 Å². The summed E-state index contributed by atoms with van der Waals surface area (Å²) in [6.45, 7) is 2.34. The maximum Gasteiger partial charge on any atom is 0.244 e. The summed E-state index contributed by atoms with van der Waals surface area (Å²) in [5.41, 5.74) is 11.9. The molecule has 0 aromatic heterocycles. The van der Waals surface area contributed by atoms with Crippen molar-refractivity contribution >= 4 is 35.3 Å². The van der Waals surface area contributed by atoms with Crippen LogP contribution in [0.25, 0.3) is 0 Å². The van der Waals surface area contributed by atoms with Crippen LogP contribution in [0.3, 0.4) is 0 Å². The van der Waals surface area contributed by atoms with Crippen molar-refractivity contribution in [2.24, 2.45) is 22.4 Å². The number of benzene rings is 1. The molecule has 0 bridgehead atoms. The van der Waals surface area contributed by atoms with E-state index in [0.29, 0.717) is 44.4 Å². The first-order chi connectivity index (χ1) is 15.9. The lowest BCUT2D eigenvalue weighted by Gasteiger charge is -2.37. The van der Waals surface area contributed by atoms with Gasteiger partial charge in [0.05, 0.1) is 11.4 Å². The number of carbonyl (C=O) groups is 3. The van der Waals surface area contributed by atoms with Crippen LogP contribution in [0.5, 0.6) is 0 Å². The number of guanidine groups is 1. The highest BCUT2D eigenvalue weighted by Crippen LogP contribution is 2.39. The van der Waals surface area contributed by atoms with E-state index in [-0.39, 0.29) is 34.8 Å². The number of nitrogens with two attached hydrogens (primary N) is 2. The van der Waals surface area contributed by atoms with Crippen LogP contribution in [0.4, 0.5) is 0 Å². The average molecular weight is 474 g/mol. The molecule has 8 nitrogen and oxygen atoms in total. The van der Waals surface area contributed by atoms with E-state index in [1.807, 2.05) is 37.3 Å². The first-order valence-electron chi connectivity index (χ1n) is 11.8. The Balaban J connectivity index is 1.64. The minimum absolute atomic E-state index is 0.00433. The second-order valence-electron chi connectivity index (χ2n) is 8.74. The van der Waals surface area contributed by atoms with Crippen LogP contribution in [-0.4, -0.2) is 58.2 Å². The summed E-state index contributed by atoms with van der Waals surface area (Å²) in [5.74, 6) is 0.264. The van der Waals surface area contributed by atoms with Gasteiger partial charge in [-0.1, -0.05) is 37.3 Å².